The minimum Gasteiger partial charge on any atom is -0.375 e. The highest BCUT2D eigenvalue weighted by Crippen LogP contribution is 2.34. The molecule has 80 valence electrons. The highest BCUT2D eigenvalue weighted by atomic mass is 16.5. The maximum atomic E-state index is 11.5. The van der Waals surface area contributed by atoms with Crippen molar-refractivity contribution in [2.75, 3.05) is 19.7 Å². The van der Waals surface area contributed by atoms with Gasteiger partial charge >= 0.3 is 0 Å². The summed E-state index contributed by atoms with van der Waals surface area (Å²) in [6.07, 6.45) is 2.78. The minimum atomic E-state index is 0.0612. The molecule has 4 nitrogen and oxygen atoms in total. The average molecular weight is 198 g/mol. The molecule has 1 aliphatic carbocycles. The summed E-state index contributed by atoms with van der Waals surface area (Å²) in [6.45, 7) is 4.50. The molecule has 14 heavy (non-hydrogen) atoms. The number of morpholine rings is 1. The Bertz CT molecular complexity index is 220. The largest absolute Gasteiger partial charge is 0.375 e. The van der Waals surface area contributed by atoms with Crippen LogP contribution in [-0.2, 0) is 9.53 Å². The van der Waals surface area contributed by atoms with Gasteiger partial charge in [0.1, 0.15) is 0 Å². The van der Waals surface area contributed by atoms with Crippen molar-refractivity contribution in [3.63, 3.8) is 0 Å². The van der Waals surface area contributed by atoms with Crippen LogP contribution in [0.25, 0.3) is 0 Å². The van der Waals surface area contributed by atoms with Gasteiger partial charge in [-0.15, -0.1) is 0 Å². The third-order valence-electron chi connectivity index (χ3n) is 2.86. The van der Waals surface area contributed by atoms with Crippen molar-refractivity contribution < 1.29 is 9.53 Å². The van der Waals surface area contributed by atoms with Gasteiger partial charge in [0.15, 0.2) is 0 Å². The van der Waals surface area contributed by atoms with Crippen molar-refractivity contribution in [1.82, 2.24) is 10.6 Å². The lowest BCUT2D eigenvalue weighted by molar-refractivity contribution is -0.125. The molecule has 0 aromatic heterocycles. The smallest absolute Gasteiger partial charge is 0.223 e. The SMILES string of the molecule is CC1(NC(=O)CC2CNCCO2)CC1. The summed E-state index contributed by atoms with van der Waals surface area (Å²) in [6, 6.07) is 0. The van der Waals surface area contributed by atoms with Gasteiger partial charge in [0.05, 0.1) is 19.1 Å². The summed E-state index contributed by atoms with van der Waals surface area (Å²) in [5, 5.41) is 6.24. The van der Waals surface area contributed by atoms with Crippen LogP contribution < -0.4 is 10.6 Å². The molecule has 0 aromatic carbocycles. The molecule has 0 radical (unpaired) electrons. The number of rotatable bonds is 3. The second-order valence-corrected chi connectivity index (χ2v) is 4.51. The molecule has 0 bridgehead atoms. The summed E-state index contributed by atoms with van der Waals surface area (Å²) >= 11 is 0. The first-order valence-corrected chi connectivity index (χ1v) is 5.31. The Labute approximate surface area is 84.4 Å². The van der Waals surface area contributed by atoms with Crippen LogP contribution in [0.15, 0.2) is 0 Å². The molecule has 1 aliphatic heterocycles. The van der Waals surface area contributed by atoms with E-state index in [9.17, 15) is 4.79 Å². The van der Waals surface area contributed by atoms with Crippen molar-refractivity contribution in [2.45, 2.75) is 37.8 Å². The van der Waals surface area contributed by atoms with E-state index in [0.717, 1.165) is 32.5 Å². The van der Waals surface area contributed by atoms with Crippen LogP contribution in [0.3, 0.4) is 0 Å². The number of carbonyl (C=O) groups is 1. The molecular weight excluding hydrogens is 180 g/mol. The van der Waals surface area contributed by atoms with Gasteiger partial charge in [-0.2, -0.15) is 0 Å². The van der Waals surface area contributed by atoms with Gasteiger partial charge < -0.3 is 15.4 Å². The van der Waals surface area contributed by atoms with Gasteiger partial charge in [0.25, 0.3) is 0 Å². The molecule has 1 unspecified atom stereocenters. The van der Waals surface area contributed by atoms with Crippen LogP contribution in [-0.4, -0.2) is 37.2 Å². The molecule has 1 saturated carbocycles. The van der Waals surface area contributed by atoms with Crippen molar-refractivity contribution in [3.8, 4) is 0 Å². The fraction of sp³-hybridized carbons (Fsp3) is 0.900. The summed E-state index contributed by atoms with van der Waals surface area (Å²) in [4.78, 5) is 11.5. The maximum Gasteiger partial charge on any atom is 0.223 e. The summed E-state index contributed by atoms with van der Waals surface area (Å²) in [5.74, 6) is 0.124. The normalized spacial score (nSPS) is 29.6. The van der Waals surface area contributed by atoms with Gasteiger partial charge in [-0.25, -0.2) is 0 Å². The van der Waals surface area contributed by atoms with Crippen molar-refractivity contribution in [3.05, 3.63) is 0 Å². The lowest BCUT2D eigenvalue weighted by atomic mass is 10.2. The van der Waals surface area contributed by atoms with Crippen molar-refractivity contribution in [2.24, 2.45) is 0 Å². The van der Waals surface area contributed by atoms with E-state index in [1.807, 2.05) is 0 Å². The first-order chi connectivity index (χ1) is 6.68. The van der Waals surface area contributed by atoms with Crippen LogP contribution in [0, 0.1) is 0 Å². The zero-order valence-electron chi connectivity index (χ0n) is 8.64. The van der Waals surface area contributed by atoms with E-state index >= 15 is 0 Å². The molecular formula is C10H18N2O2. The van der Waals surface area contributed by atoms with Crippen molar-refractivity contribution in [1.29, 1.82) is 0 Å². The topological polar surface area (TPSA) is 50.4 Å². The zero-order chi connectivity index (χ0) is 10.0. The Morgan fingerprint density at radius 2 is 2.43 bits per heavy atom. The van der Waals surface area contributed by atoms with Gasteiger partial charge in [0.2, 0.25) is 5.91 Å². The van der Waals surface area contributed by atoms with Crippen LogP contribution in [0.5, 0.6) is 0 Å². The number of amides is 1. The summed E-state index contributed by atoms with van der Waals surface area (Å²) in [7, 11) is 0. The van der Waals surface area contributed by atoms with E-state index in [-0.39, 0.29) is 17.6 Å². The second kappa shape index (κ2) is 3.87. The predicted octanol–water partition coefficient (Wildman–Crippen LogP) is 0.0336. The lowest BCUT2D eigenvalue weighted by Crippen LogP contribution is -2.43. The van der Waals surface area contributed by atoms with Crippen LogP contribution in [0.4, 0.5) is 0 Å². The van der Waals surface area contributed by atoms with E-state index in [4.69, 9.17) is 4.74 Å². The van der Waals surface area contributed by atoms with Gasteiger partial charge in [0, 0.05) is 18.6 Å². The standard InChI is InChI=1S/C10H18N2O2/c1-10(2-3-10)12-9(13)6-8-7-11-4-5-14-8/h8,11H,2-7H2,1H3,(H,12,13). The van der Waals surface area contributed by atoms with E-state index in [2.05, 4.69) is 17.6 Å². The Hall–Kier alpha value is -0.610. The van der Waals surface area contributed by atoms with Crippen LogP contribution in [0.1, 0.15) is 26.2 Å². The van der Waals surface area contributed by atoms with Gasteiger partial charge in [-0.3, -0.25) is 4.79 Å². The number of carbonyl (C=O) groups excluding carboxylic acids is 1. The molecule has 1 saturated heterocycles. The van der Waals surface area contributed by atoms with E-state index in [1.165, 1.54) is 0 Å². The molecule has 0 spiro atoms. The second-order valence-electron chi connectivity index (χ2n) is 4.51. The average Bonchev–Trinajstić information content (AvgIpc) is 2.84. The van der Waals surface area contributed by atoms with Gasteiger partial charge in [-0.05, 0) is 19.8 Å². The Balaban J connectivity index is 1.70. The summed E-state index contributed by atoms with van der Waals surface area (Å²) < 4.78 is 5.46. The molecule has 1 amide bonds. The Morgan fingerprint density at radius 1 is 1.64 bits per heavy atom. The zero-order valence-corrected chi connectivity index (χ0v) is 8.64. The maximum absolute atomic E-state index is 11.5. The van der Waals surface area contributed by atoms with E-state index < -0.39 is 0 Å². The number of hydrogen-bond donors (Lipinski definition) is 2. The molecule has 0 aromatic rings. The highest BCUT2D eigenvalue weighted by Gasteiger charge is 2.38. The molecule has 2 N–H and O–H groups in total. The first kappa shape index (κ1) is 9.93. The third kappa shape index (κ3) is 2.69. The summed E-state index contributed by atoms with van der Waals surface area (Å²) in [5.41, 5.74) is 0.0964. The third-order valence-corrected chi connectivity index (χ3v) is 2.86. The van der Waals surface area contributed by atoms with E-state index in [1.54, 1.807) is 0 Å². The number of hydrogen-bond acceptors (Lipinski definition) is 3. The fourth-order valence-electron chi connectivity index (χ4n) is 1.66. The van der Waals surface area contributed by atoms with Crippen LogP contribution >= 0.6 is 0 Å². The molecule has 2 fully saturated rings. The van der Waals surface area contributed by atoms with E-state index in [0.29, 0.717) is 6.42 Å². The monoisotopic (exact) mass is 198 g/mol. The minimum absolute atomic E-state index is 0.0612. The Kier molecular flexibility index (Phi) is 2.74. The fourth-order valence-corrected chi connectivity index (χ4v) is 1.66. The van der Waals surface area contributed by atoms with Crippen molar-refractivity contribution >= 4 is 5.91 Å². The molecule has 4 heteroatoms. The highest BCUT2D eigenvalue weighted by molar-refractivity contribution is 5.77. The molecule has 1 atom stereocenters. The molecule has 2 aliphatic rings. The quantitative estimate of drug-likeness (QED) is 0.673. The molecule has 2 rings (SSSR count). The predicted molar refractivity (Wildman–Crippen MR) is 53.0 cm³/mol. The van der Waals surface area contributed by atoms with Crippen LogP contribution in [0.2, 0.25) is 0 Å². The first-order valence-electron chi connectivity index (χ1n) is 5.31. The lowest BCUT2D eigenvalue weighted by Gasteiger charge is -2.23. The van der Waals surface area contributed by atoms with Gasteiger partial charge in [-0.1, -0.05) is 0 Å². The Morgan fingerprint density at radius 3 is 3.00 bits per heavy atom. The molecule has 1 heterocycles. The number of nitrogens with one attached hydrogen (secondary N) is 2. The number of ether oxygens (including phenoxy) is 1.